The number of hydrogen-bond acceptors (Lipinski definition) is 4. The fourth-order valence-corrected chi connectivity index (χ4v) is 2.64. The van der Waals surface area contributed by atoms with Crippen molar-refractivity contribution in [2.45, 2.75) is 0 Å². The predicted octanol–water partition coefficient (Wildman–Crippen LogP) is 4.33. The van der Waals surface area contributed by atoms with E-state index >= 15 is 0 Å². The smallest absolute Gasteiger partial charge is 0.255 e. The average Bonchev–Trinajstić information content (AvgIpc) is 3.06. The second-order valence-corrected chi connectivity index (χ2v) is 5.61. The minimum atomic E-state index is -0.240. The largest absolute Gasteiger partial charge is 0.436 e. The molecule has 0 atom stereocenters. The van der Waals surface area contributed by atoms with Gasteiger partial charge in [0.2, 0.25) is 5.89 Å². The van der Waals surface area contributed by atoms with Gasteiger partial charge in [0, 0.05) is 11.3 Å². The van der Waals surface area contributed by atoms with Gasteiger partial charge in [-0.3, -0.25) is 4.79 Å². The van der Waals surface area contributed by atoms with Gasteiger partial charge in [-0.1, -0.05) is 30.3 Å². The van der Waals surface area contributed by atoms with Crippen molar-refractivity contribution in [3.8, 4) is 11.5 Å². The Morgan fingerprint density at radius 1 is 0.960 bits per heavy atom. The molecule has 4 rings (SSSR count). The summed E-state index contributed by atoms with van der Waals surface area (Å²) < 4.78 is 5.82. The molecule has 0 saturated carbocycles. The van der Waals surface area contributed by atoms with Crippen LogP contribution in [0.2, 0.25) is 0 Å². The molecule has 0 aliphatic carbocycles. The summed E-state index contributed by atoms with van der Waals surface area (Å²) in [7, 11) is 0. The molecule has 0 unspecified atom stereocenters. The predicted molar refractivity (Wildman–Crippen MR) is 98.3 cm³/mol. The van der Waals surface area contributed by atoms with Crippen molar-refractivity contribution in [1.29, 1.82) is 0 Å². The number of anilines is 2. The van der Waals surface area contributed by atoms with Gasteiger partial charge in [-0.25, -0.2) is 4.98 Å². The second kappa shape index (κ2) is 6.13. The number of rotatable bonds is 3. The summed E-state index contributed by atoms with van der Waals surface area (Å²) in [5.41, 5.74) is 9.60. The maximum Gasteiger partial charge on any atom is 0.255 e. The molecule has 5 heteroatoms. The topological polar surface area (TPSA) is 81.2 Å². The van der Waals surface area contributed by atoms with Crippen LogP contribution in [-0.2, 0) is 0 Å². The normalized spacial score (nSPS) is 10.7. The third-order valence-corrected chi connectivity index (χ3v) is 3.85. The fraction of sp³-hybridized carbons (Fsp3) is 0. The molecule has 3 N–H and O–H groups in total. The summed E-state index contributed by atoms with van der Waals surface area (Å²) in [6.45, 7) is 0. The first-order chi connectivity index (χ1) is 12.2. The maximum absolute atomic E-state index is 12.5. The van der Waals surface area contributed by atoms with Crippen molar-refractivity contribution >= 4 is 28.4 Å². The first kappa shape index (κ1) is 15.0. The van der Waals surface area contributed by atoms with Crippen LogP contribution in [0.15, 0.2) is 77.2 Å². The minimum absolute atomic E-state index is 0.240. The standard InChI is InChI=1S/C20H15N3O2/c21-14-7-5-6-13(12-14)19(24)22-16-9-2-1-8-15(16)20-23-17-10-3-4-11-18(17)25-20/h1-12H,21H2,(H,22,24). The van der Waals surface area contributed by atoms with Gasteiger partial charge in [0.15, 0.2) is 5.58 Å². The van der Waals surface area contributed by atoms with Crippen molar-refractivity contribution in [1.82, 2.24) is 4.98 Å². The number of amides is 1. The summed E-state index contributed by atoms with van der Waals surface area (Å²) in [6, 6.07) is 21.8. The molecule has 0 aliphatic rings. The highest BCUT2D eigenvalue weighted by Crippen LogP contribution is 2.30. The lowest BCUT2D eigenvalue weighted by atomic mass is 10.1. The molecule has 0 aliphatic heterocycles. The Morgan fingerprint density at radius 2 is 1.76 bits per heavy atom. The molecule has 122 valence electrons. The van der Waals surface area contributed by atoms with Crippen LogP contribution in [0.1, 0.15) is 10.4 Å². The van der Waals surface area contributed by atoms with Gasteiger partial charge in [0.1, 0.15) is 5.52 Å². The Morgan fingerprint density at radius 3 is 2.60 bits per heavy atom. The first-order valence-electron chi connectivity index (χ1n) is 7.82. The molecular weight excluding hydrogens is 314 g/mol. The molecule has 0 bridgehead atoms. The monoisotopic (exact) mass is 329 g/mol. The highest BCUT2D eigenvalue weighted by atomic mass is 16.3. The molecule has 0 radical (unpaired) electrons. The molecule has 25 heavy (non-hydrogen) atoms. The van der Waals surface area contributed by atoms with Gasteiger partial charge in [-0.2, -0.15) is 0 Å². The molecule has 0 fully saturated rings. The number of carbonyl (C=O) groups excluding carboxylic acids is 1. The van der Waals surface area contributed by atoms with Crippen molar-refractivity contribution in [3.63, 3.8) is 0 Å². The Labute approximate surface area is 144 Å². The number of carbonyl (C=O) groups is 1. The summed E-state index contributed by atoms with van der Waals surface area (Å²) >= 11 is 0. The molecule has 1 aromatic heterocycles. The van der Waals surface area contributed by atoms with Gasteiger partial charge < -0.3 is 15.5 Å². The average molecular weight is 329 g/mol. The van der Waals surface area contributed by atoms with E-state index in [1.807, 2.05) is 48.5 Å². The molecule has 0 saturated heterocycles. The Kier molecular flexibility index (Phi) is 3.67. The van der Waals surface area contributed by atoms with Gasteiger partial charge in [-0.05, 0) is 42.5 Å². The number of nitrogens with one attached hydrogen (secondary N) is 1. The molecule has 0 spiro atoms. The number of para-hydroxylation sites is 3. The van der Waals surface area contributed by atoms with Gasteiger partial charge >= 0.3 is 0 Å². The van der Waals surface area contributed by atoms with Crippen LogP contribution in [0.4, 0.5) is 11.4 Å². The highest BCUT2D eigenvalue weighted by molar-refractivity contribution is 6.06. The number of oxazole rings is 1. The van der Waals surface area contributed by atoms with Crippen LogP contribution in [0.25, 0.3) is 22.6 Å². The van der Waals surface area contributed by atoms with Crippen LogP contribution >= 0.6 is 0 Å². The van der Waals surface area contributed by atoms with E-state index in [0.29, 0.717) is 28.4 Å². The Balaban J connectivity index is 1.70. The third kappa shape index (κ3) is 2.95. The van der Waals surface area contributed by atoms with Gasteiger partial charge in [0.05, 0.1) is 11.3 Å². The maximum atomic E-state index is 12.5. The van der Waals surface area contributed by atoms with Crippen molar-refractivity contribution < 1.29 is 9.21 Å². The second-order valence-electron chi connectivity index (χ2n) is 5.61. The SMILES string of the molecule is Nc1cccc(C(=O)Nc2ccccc2-c2nc3ccccc3o2)c1. The Bertz CT molecular complexity index is 1040. The zero-order chi connectivity index (χ0) is 17.2. The van der Waals surface area contributed by atoms with E-state index in [9.17, 15) is 4.79 Å². The lowest BCUT2D eigenvalue weighted by molar-refractivity contribution is 0.102. The summed E-state index contributed by atoms with van der Waals surface area (Å²) in [5, 5.41) is 2.90. The number of nitrogens with two attached hydrogens (primary N) is 1. The third-order valence-electron chi connectivity index (χ3n) is 3.85. The molecule has 3 aromatic carbocycles. The minimum Gasteiger partial charge on any atom is -0.436 e. The highest BCUT2D eigenvalue weighted by Gasteiger charge is 2.14. The summed E-state index contributed by atoms with van der Waals surface area (Å²) in [4.78, 5) is 17.0. The van der Waals surface area contributed by atoms with Crippen LogP contribution in [0, 0.1) is 0 Å². The van der Waals surface area contributed by atoms with E-state index in [1.165, 1.54) is 0 Å². The van der Waals surface area contributed by atoms with Crippen molar-refractivity contribution in [2.24, 2.45) is 0 Å². The first-order valence-corrected chi connectivity index (χ1v) is 7.82. The number of hydrogen-bond donors (Lipinski definition) is 2. The van der Waals surface area contributed by atoms with E-state index in [-0.39, 0.29) is 5.91 Å². The lowest BCUT2D eigenvalue weighted by Crippen LogP contribution is -2.12. The summed E-state index contributed by atoms with van der Waals surface area (Å²) in [6.07, 6.45) is 0. The van der Waals surface area contributed by atoms with Crippen LogP contribution in [0.5, 0.6) is 0 Å². The van der Waals surface area contributed by atoms with Gasteiger partial charge in [-0.15, -0.1) is 0 Å². The Hall–Kier alpha value is -3.60. The van der Waals surface area contributed by atoms with Crippen LogP contribution in [0.3, 0.4) is 0 Å². The van der Waals surface area contributed by atoms with Crippen LogP contribution in [-0.4, -0.2) is 10.9 Å². The number of aromatic nitrogens is 1. The molecule has 1 heterocycles. The fourth-order valence-electron chi connectivity index (χ4n) is 2.64. The van der Waals surface area contributed by atoms with Crippen molar-refractivity contribution in [3.05, 3.63) is 78.4 Å². The van der Waals surface area contributed by atoms with Crippen LogP contribution < -0.4 is 11.1 Å². The van der Waals surface area contributed by atoms with Crippen molar-refractivity contribution in [2.75, 3.05) is 11.1 Å². The summed E-state index contributed by atoms with van der Waals surface area (Å²) in [5.74, 6) is 0.223. The molecule has 1 amide bonds. The van der Waals surface area contributed by atoms with E-state index in [2.05, 4.69) is 10.3 Å². The quantitative estimate of drug-likeness (QED) is 0.548. The van der Waals surface area contributed by atoms with E-state index < -0.39 is 0 Å². The van der Waals surface area contributed by atoms with E-state index in [1.54, 1.807) is 24.3 Å². The van der Waals surface area contributed by atoms with Gasteiger partial charge in [0.25, 0.3) is 5.91 Å². The number of benzene rings is 3. The molecule has 4 aromatic rings. The number of nitrogen functional groups attached to an aromatic ring is 1. The van der Waals surface area contributed by atoms with E-state index in [0.717, 1.165) is 11.1 Å². The number of fused-ring (bicyclic) bond motifs is 1. The lowest BCUT2D eigenvalue weighted by Gasteiger charge is -2.09. The number of nitrogens with zero attached hydrogens (tertiary/aromatic N) is 1. The zero-order valence-corrected chi connectivity index (χ0v) is 13.3. The molecule has 5 nitrogen and oxygen atoms in total. The zero-order valence-electron chi connectivity index (χ0n) is 13.3. The van der Waals surface area contributed by atoms with E-state index in [4.69, 9.17) is 10.2 Å². The molecular formula is C20H15N3O2.